The maximum atomic E-state index is 12.2. The number of methoxy groups -OCH3 is 1. The number of hydrogen-bond donors (Lipinski definition) is 1. The largest absolute Gasteiger partial charge is 0.375 e. The van der Waals surface area contributed by atoms with Crippen molar-refractivity contribution in [1.29, 1.82) is 0 Å². The minimum atomic E-state index is -0.120. The van der Waals surface area contributed by atoms with Crippen LogP contribution in [0.3, 0.4) is 0 Å². The van der Waals surface area contributed by atoms with Crippen LogP contribution in [-0.4, -0.2) is 51.1 Å². The number of nitrogens with one attached hydrogen (secondary N) is 1. The van der Waals surface area contributed by atoms with E-state index >= 15 is 0 Å². The normalized spacial score (nSPS) is 13.7. The fourth-order valence-electron chi connectivity index (χ4n) is 2.85. The van der Waals surface area contributed by atoms with E-state index in [1.165, 1.54) is 7.11 Å². The standard InChI is InChI=1S/C16H21N5O3/c1-19-5-3-4-13(19)16(23)18-9-12-8-17-14-10-20(6-7-21(12)14)15(22)11-24-2/h3-5,8H,6-7,9-11H2,1-2H3,(H,18,23). The number of ether oxygens (including phenoxy) is 1. The first-order valence-corrected chi connectivity index (χ1v) is 7.79. The summed E-state index contributed by atoms with van der Waals surface area (Å²) in [5, 5.41) is 2.91. The molecule has 24 heavy (non-hydrogen) atoms. The van der Waals surface area contributed by atoms with Crippen LogP contribution in [0.5, 0.6) is 0 Å². The molecule has 1 N–H and O–H groups in total. The van der Waals surface area contributed by atoms with E-state index in [2.05, 4.69) is 14.9 Å². The van der Waals surface area contributed by atoms with Gasteiger partial charge >= 0.3 is 0 Å². The second kappa shape index (κ2) is 6.88. The second-order valence-electron chi connectivity index (χ2n) is 5.75. The first-order valence-electron chi connectivity index (χ1n) is 7.79. The third-order valence-corrected chi connectivity index (χ3v) is 4.17. The Morgan fingerprint density at radius 3 is 2.92 bits per heavy atom. The van der Waals surface area contributed by atoms with E-state index < -0.39 is 0 Å². The summed E-state index contributed by atoms with van der Waals surface area (Å²) in [5.41, 5.74) is 1.55. The average Bonchev–Trinajstić information content (AvgIpc) is 3.18. The lowest BCUT2D eigenvalue weighted by molar-refractivity contribution is -0.136. The molecule has 0 aromatic carbocycles. The molecule has 2 aromatic heterocycles. The van der Waals surface area contributed by atoms with Crippen LogP contribution in [0.15, 0.2) is 24.5 Å². The van der Waals surface area contributed by atoms with Gasteiger partial charge < -0.3 is 24.1 Å². The lowest BCUT2D eigenvalue weighted by Crippen LogP contribution is -2.40. The Morgan fingerprint density at radius 1 is 1.38 bits per heavy atom. The molecule has 3 heterocycles. The molecule has 1 aliphatic rings. The van der Waals surface area contributed by atoms with Crippen molar-refractivity contribution in [3.63, 3.8) is 0 Å². The molecule has 0 fully saturated rings. The molecule has 128 valence electrons. The number of carbonyl (C=O) groups is 2. The number of aromatic nitrogens is 3. The highest BCUT2D eigenvalue weighted by atomic mass is 16.5. The summed E-state index contributed by atoms with van der Waals surface area (Å²) >= 11 is 0. The maximum absolute atomic E-state index is 12.2. The molecular weight excluding hydrogens is 310 g/mol. The summed E-state index contributed by atoms with van der Waals surface area (Å²) < 4.78 is 8.73. The highest BCUT2D eigenvalue weighted by molar-refractivity contribution is 5.92. The van der Waals surface area contributed by atoms with Crippen molar-refractivity contribution in [2.45, 2.75) is 19.6 Å². The van der Waals surface area contributed by atoms with Crippen LogP contribution in [0.25, 0.3) is 0 Å². The van der Waals surface area contributed by atoms with Crippen molar-refractivity contribution in [3.8, 4) is 0 Å². The quantitative estimate of drug-likeness (QED) is 0.845. The number of carbonyl (C=O) groups excluding carboxylic acids is 2. The predicted molar refractivity (Wildman–Crippen MR) is 86.1 cm³/mol. The summed E-state index contributed by atoms with van der Waals surface area (Å²) in [5.74, 6) is 0.671. The Balaban J connectivity index is 1.63. The van der Waals surface area contributed by atoms with Crippen LogP contribution in [-0.2, 0) is 36.2 Å². The molecule has 2 amide bonds. The lowest BCUT2D eigenvalue weighted by Gasteiger charge is -2.28. The van der Waals surface area contributed by atoms with Crippen LogP contribution in [0.4, 0.5) is 0 Å². The molecule has 0 saturated heterocycles. The van der Waals surface area contributed by atoms with Crippen LogP contribution >= 0.6 is 0 Å². The Morgan fingerprint density at radius 2 is 2.21 bits per heavy atom. The molecule has 8 nitrogen and oxygen atoms in total. The van der Waals surface area contributed by atoms with Crippen molar-refractivity contribution < 1.29 is 14.3 Å². The molecular formula is C16H21N5O3. The van der Waals surface area contributed by atoms with Gasteiger partial charge in [-0.25, -0.2) is 4.98 Å². The van der Waals surface area contributed by atoms with Gasteiger partial charge in [-0.05, 0) is 12.1 Å². The van der Waals surface area contributed by atoms with Crippen LogP contribution < -0.4 is 5.32 Å². The van der Waals surface area contributed by atoms with Gasteiger partial charge in [-0.2, -0.15) is 0 Å². The van der Waals surface area contributed by atoms with Crippen LogP contribution in [0, 0.1) is 0 Å². The van der Waals surface area contributed by atoms with E-state index in [-0.39, 0.29) is 18.4 Å². The van der Waals surface area contributed by atoms with E-state index in [0.29, 0.717) is 31.9 Å². The number of imidazole rings is 1. The van der Waals surface area contributed by atoms with Gasteiger partial charge in [0.1, 0.15) is 18.1 Å². The number of aryl methyl sites for hydroxylation is 1. The van der Waals surface area contributed by atoms with Gasteiger partial charge in [0.15, 0.2) is 0 Å². The minimum absolute atomic E-state index is 0.0367. The Labute approximate surface area is 140 Å². The van der Waals surface area contributed by atoms with E-state index in [0.717, 1.165) is 11.5 Å². The molecule has 0 aliphatic carbocycles. The summed E-state index contributed by atoms with van der Waals surface area (Å²) in [7, 11) is 3.34. The monoisotopic (exact) mass is 331 g/mol. The third kappa shape index (κ3) is 3.18. The zero-order valence-electron chi connectivity index (χ0n) is 13.9. The molecule has 0 saturated carbocycles. The Kier molecular flexibility index (Phi) is 4.66. The fraction of sp³-hybridized carbons (Fsp3) is 0.438. The SMILES string of the molecule is COCC(=O)N1CCn2c(CNC(=O)c3cccn3C)cnc2C1. The molecule has 2 aromatic rings. The molecule has 0 atom stereocenters. The molecule has 3 rings (SSSR count). The van der Waals surface area contributed by atoms with E-state index in [1.54, 1.807) is 21.7 Å². The van der Waals surface area contributed by atoms with Crippen molar-refractivity contribution in [1.82, 2.24) is 24.3 Å². The smallest absolute Gasteiger partial charge is 0.268 e. The van der Waals surface area contributed by atoms with E-state index in [4.69, 9.17) is 4.74 Å². The number of fused-ring (bicyclic) bond motifs is 1. The predicted octanol–water partition coefficient (Wildman–Crippen LogP) is 0.140. The maximum Gasteiger partial charge on any atom is 0.268 e. The van der Waals surface area contributed by atoms with Crippen LogP contribution in [0.1, 0.15) is 22.0 Å². The van der Waals surface area contributed by atoms with Gasteiger partial charge in [-0.3, -0.25) is 9.59 Å². The molecule has 8 heteroatoms. The van der Waals surface area contributed by atoms with Gasteiger partial charge in [0.2, 0.25) is 5.91 Å². The molecule has 0 spiro atoms. The highest BCUT2D eigenvalue weighted by Crippen LogP contribution is 2.14. The summed E-state index contributed by atoms with van der Waals surface area (Å²) in [4.78, 5) is 30.2. The molecule has 1 aliphatic heterocycles. The number of amides is 2. The topological polar surface area (TPSA) is 81.4 Å². The van der Waals surface area contributed by atoms with Crippen molar-refractivity contribution in [2.75, 3.05) is 20.3 Å². The van der Waals surface area contributed by atoms with Crippen molar-refractivity contribution >= 4 is 11.8 Å². The van der Waals surface area contributed by atoms with E-state index in [9.17, 15) is 9.59 Å². The first kappa shape index (κ1) is 16.3. The van der Waals surface area contributed by atoms with Gasteiger partial charge in [0, 0.05) is 33.4 Å². The van der Waals surface area contributed by atoms with Gasteiger partial charge in [0.05, 0.1) is 25.0 Å². The van der Waals surface area contributed by atoms with Gasteiger partial charge in [0.25, 0.3) is 5.91 Å². The molecule has 0 bridgehead atoms. The van der Waals surface area contributed by atoms with Gasteiger partial charge in [-0.1, -0.05) is 0 Å². The van der Waals surface area contributed by atoms with Crippen molar-refractivity contribution in [3.05, 3.63) is 41.7 Å². The summed E-state index contributed by atoms with van der Waals surface area (Å²) in [6.07, 6.45) is 3.59. The van der Waals surface area contributed by atoms with E-state index in [1.807, 2.05) is 19.3 Å². The summed E-state index contributed by atoms with van der Waals surface area (Å²) in [6.45, 7) is 2.24. The number of hydrogen-bond acceptors (Lipinski definition) is 4. The Bertz CT molecular complexity index is 749. The zero-order chi connectivity index (χ0) is 17.1. The Hall–Kier alpha value is -2.61. The lowest BCUT2D eigenvalue weighted by atomic mass is 10.3. The average molecular weight is 331 g/mol. The zero-order valence-corrected chi connectivity index (χ0v) is 13.9. The number of nitrogens with zero attached hydrogens (tertiary/aromatic N) is 4. The molecule has 0 unspecified atom stereocenters. The van der Waals surface area contributed by atoms with Crippen LogP contribution in [0.2, 0.25) is 0 Å². The highest BCUT2D eigenvalue weighted by Gasteiger charge is 2.23. The molecule has 0 radical (unpaired) electrons. The fourth-order valence-corrected chi connectivity index (χ4v) is 2.85. The van der Waals surface area contributed by atoms with Gasteiger partial charge in [-0.15, -0.1) is 0 Å². The second-order valence-corrected chi connectivity index (χ2v) is 5.75. The summed E-state index contributed by atoms with van der Waals surface area (Å²) in [6, 6.07) is 3.61. The minimum Gasteiger partial charge on any atom is -0.375 e. The third-order valence-electron chi connectivity index (χ3n) is 4.17. The van der Waals surface area contributed by atoms with Crippen molar-refractivity contribution in [2.24, 2.45) is 7.05 Å². The first-order chi connectivity index (χ1) is 11.6. The number of rotatable bonds is 5.